The minimum absolute atomic E-state index is 0.0361. The summed E-state index contributed by atoms with van der Waals surface area (Å²) in [4.78, 5) is 12.6. The fourth-order valence-corrected chi connectivity index (χ4v) is 3.87. The van der Waals surface area contributed by atoms with Crippen LogP contribution in [-0.2, 0) is 10.1 Å². The molecule has 1 aliphatic rings. The predicted molar refractivity (Wildman–Crippen MR) is 105 cm³/mol. The lowest BCUT2D eigenvalue weighted by Crippen LogP contribution is -2.09. The van der Waals surface area contributed by atoms with E-state index in [1.165, 1.54) is 30.3 Å². The van der Waals surface area contributed by atoms with Gasteiger partial charge in [0.25, 0.3) is 0 Å². The van der Waals surface area contributed by atoms with Crippen LogP contribution in [0.1, 0.15) is 15.9 Å². The second-order valence-corrected chi connectivity index (χ2v) is 7.99. The van der Waals surface area contributed by atoms with Crippen LogP contribution >= 0.6 is 11.6 Å². The van der Waals surface area contributed by atoms with Gasteiger partial charge in [-0.1, -0.05) is 41.9 Å². The first-order chi connectivity index (χ1) is 13.4. The number of benzene rings is 3. The molecule has 1 heterocycles. The van der Waals surface area contributed by atoms with Crippen LogP contribution in [0.15, 0.2) is 83.5 Å². The number of Topliss-reactive ketones (excluding diaryl/α,β-unsaturated/α-hetero) is 1. The number of hydrogen-bond donors (Lipinski definition) is 0. The zero-order chi connectivity index (χ0) is 19.7. The minimum Gasteiger partial charge on any atom is -0.452 e. The van der Waals surface area contributed by atoms with Crippen molar-refractivity contribution in [1.29, 1.82) is 0 Å². The highest BCUT2D eigenvalue weighted by Gasteiger charge is 2.28. The number of carbonyl (C=O) groups is 1. The van der Waals surface area contributed by atoms with Gasteiger partial charge in [-0.25, -0.2) is 0 Å². The van der Waals surface area contributed by atoms with Gasteiger partial charge in [0, 0.05) is 11.1 Å². The summed E-state index contributed by atoms with van der Waals surface area (Å²) in [6, 6.07) is 19.1. The van der Waals surface area contributed by atoms with E-state index in [1.807, 2.05) is 0 Å². The van der Waals surface area contributed by atoms with Crippen molar-refractivity contribution in [2.45, 2.75) is 4.90 Å². The molecule has 0 saturated carbocycles. The molecule has 28 heavy (non-hydrogen) atoms. The fraction of sp³-hybridized carbons (Fsp3) is 0. The van der Waals surface area contributed by atoms with Crippen molar-refractivity contribution in [3.8, 4) is 11.5 Å². The van der Waals surface area contributed by atoms with Crippen LogP contribution in [0.5, 0.6) is 11.5 Å². The van der Waals surface area contributed by atoms with Gasteiger partial charge in [0.05, 0.1) is 5.56 Å². The molecule has 0 saturated heterocycles. The summed E-state index contributed by atoms with van der Waals surface area (Å²) in [5.41, 5.74) is 1.05. The number of ketones is 1. The third-order valence-corrected chi connectivity index (χ3v) is 5.52. The van der Waals surface area contributed by atoms with Crippen LogP contribution in [0, 0.1) is 0 Å². The van der Waals surface area contributed by atoms with Gasteiger partial charge < -0.3 is 8.92 Å². The van der Waals surface area contributed by atoms with E-state index in [-0.39, 0.29) is 27.9 Å². The minimum atomic E-state index is -3.98. The highest BCUT2D eigenvalue weighted by Crippen LogP contribution is 2.35. The van der Waals surface area contributed by atoms with Crippen molar-refractivity contribution < 1.29 is 22.1 Å². The van der Waals surface area contributed by atoms with Gasteiger partial charge in [0.2, 0.25) is 5.78 Å². The molecule has 0 atom stereocenters. The molecule has 5 nitrogen and oxygen atoms in total. The van der Waals surface area contributed by atoms with Crippen molar-refractivity contribution in [1.82, 2.24) is 0 Å². The smallest absolute Gasteiger partial charge is 0.339 e. The SMILES string of the molecule is O=C1C(=Cc2cccc(Cl)c2)Oc2cc(OS(=O)(=O)c3ccccc3)ccc21. The largest absolute Gasteiger partial charge is 0.452 e. The number of halogens is 1. The lowest BCUT2D eigenvalue weighted by Gasteiger charge is -2.07. The van der Waals surface area contributed by atoms with Crippen LogP contribution in [0.4, 0.5) is 0 Å². The molecule has 4 rings (SSSR count). The molecule has 0 unspecified atom stereocenters. The van der Waals surface area contributed by atoms with Gasteiger partial charge in [-0.15, -0.1) is 0 Å². The number of carbonyl (C=O) groups excluding carboxylic acids is 1. The van der Waals surface area contributed by atoms with Crippen molar-refractivity contribution in [3.63, 3.8) is 0 Å². The van der Waals surface area contributed by atoms with E-state index in [9.17, 15) is 13.2 Å². The van der Waals surface area contributed by atoms with E-state index < -0.39 is 10.1 Å². The molecular weight excluding hydrogens is 400 g/mol. The molecule has 0 spiro atoms. The zero-order valence-electron chi connectivity index (χ0n) is 14.3. The Morgan fingerprint density at radius 3 is 2.46 bits per heavy atom. The summed E-state index contributed by atoms with van der Waals surface area (Å²) >= 11 is 5.96. The average molecular weight is 413 g/mol. The van der Waals surface area contributed by atoms with E-state index in [0.29, 0.717) is 16.1 Å². The van der Waals surface area contributed by atoms with E-state index in [2.05, 4.69) is 0 Å². The quantitative estimate of drug-likeness (QED) is 0.458. The molecule has 1 aliphatic heterocycles. The number of ether oxygens (including phenoxy) is 1. The number of allylic oxidation sites excluding steroid dienone is 1. The van der Waals surface area contributed by atoms with Crippen molar-refractivity contribution >= 4 is 33.6 Å². The highest BCUT2D eigenvalue weighted by atomic mass is 35.5. The Labute approximate surface area is 166 Å². The van der Waals surface area contributed by atoms with Crippen LogP contribution in [0.25, 0.3) is 6.08 Å². The Morgan fingerprint density at radius 2 is 1.71 bits per heavy atom. The summed E-state index contributed by atoms with van der Waals surface area (Å²) in [7, 11) is -3.98. The van der Waals surface area contributed by atoms with E-state index in [0.717, 1.165) is 0 Å². The Morgan fingerprint density at radius 1 is 0.929 bits per heavy atom. The number of fused-ring (bicyclic) bond motifs is 1. The topological polar surface area (TPSA) is 69.7 Å². The maximum atomic E-state index is 12.5. The number of rotatable bonds is 4. The molecule has 140 valence electrons. The highest BCUT2D eigenvalue weighted by molar-refractivity contribution is 7.87. The molecule has 0 aliphatic carbocycles. The summed E-state index contributed by atoms with van der Waals surface area (Å²) in [5.74, 6) is 0.117. The summed E-state index contributed by atoms with van der Waals surface area (Å²) in [6.45, 7) is 0. The lowest BCUT2D eigenvalue weighted by molar-refractivity contribution is 0.101. The summed E-state index contributed by atoms with van der Waals surface area (Å²) in [6.07, 6.45) is 1.58. The maximum absolute atomic E-state index is 12.5. The molecular formula is C21H13ClO5S. The molecule has 0 fully saturated rings. The van der Waals surface area contributed by atoms with E-state index >= 15 is 0 Å². The van der Waals surface area contributed by atoms with E-state index in [4.69, 9.17) is 20.5 Å². The third kappa shape index (κ3) is 3.65. The summed E-state index contributed by atoms with van der Waals surface area (Å²) < 4.78 is 35.5. The van der Waals surface area contributed by atoms with Crippen LogP contribution in [0.2, 0.25) is 5.02 Å². The van der Waals surface area contributed by atoms with Crippen molar-refractivity contribution in [2.24, 2.45) is 0 Å². The van der Waals surface area contributed by atoms with Crippen molar-refractivity contribution in [2.75, 3.05) is 0 Å². The molecule has 3 aromatic carbocycles. The second-order valence-electron chi connectivity index (χ2n) is 6.00. The average Bonchev–Trinajstić information content (AvgIpc) is 2.97. The zero-order valence-corrected chi connectivity index (χ0v) is 15.9. The molecule has 0 N–H and O–H groups in total. The third-order valence-electron chi connectivity index (χ3n) is 4.03. The van der Waals surface area contributed by atoms with Gasteiger partial charge in [0.15, 0.2) is 5.76 Å². The Balaban J connectivity index is 1.61. The standard InChI is InChI=1S/C21H13ClO5S/c22-15-6-4-5-14(11-15)12-20-21(23)18-10-9-16(13-19(18)26-20)27-28(24,25)17-7-2-1-3-8-17/h1-13H. The van der Waals surface area contributed by atoms with Gasteiger partial charge in [0.1, 0.15) is 16.4 Å². The molecule has 0 aromatic heterocycles. The van der Waals surface area contributed by atoms with Gasteiger partial charge in [-0.2, -0.15) is 8.42 Å². The first kappa shape index (κ1) is 18.3. The van der Waals surface area contributed by atoms with Crippen molar-refractivity contribution in [3.05, 3.63) is 94.7 Å². The van der Waals surface area contributed by atoms with Gasteiger partial charge in [-0.05, 0) is 48.0 Å². The van der Waals surface area contributed by atoms with Gasteiger partial charge >= 0.3 is 10.1 Å². The normalized spacial score (nSPS) is 14.6. The molecule has 0 bridgehead atoms. The Kier molecular flexibility index (Phi) is 4.66. The first-order valence-corrected chi connectivity index (χ1v) is 10.0. The molecule has 0 radical (unpaired) electrons. The van der Waals surface area contributed by atoms with Crippen LogP contribution in [0.3, 0.4) is 0 Å². The Bertz CT molecular complexity index is 1200. The summed E-state index contributed by atoms with van der Waals surface area (Å²) in [5, 5.41) is 0.541. The lowest BCUT2D eigenvalue weighted by atomic mass is 10.1. The predicted octanol–water partition coefficient (Wildman–Crippen LogP) is 4.72. The molecule has 0 amide bonds. The van der Waals surface area contributed by atoms with Gasteiger partial charge in [-0.3, -0.25) is 4.79 Å². The fourth-order valence-electron chi connectivity index (χ4n) is 2.73. The van der Waals surface area contributed by atoms with E-state index in [1.54, 1.807) is 48.5 Å². The maximum Gasteiger partial charge on any atom is 0.339 e. The molecule has 3 aromatic rings. The first-order valence-electron chi connectivity index (χ1n) is 8.26. The molecule has 7 heteroatoms. The van der Waals surface area contributed by atoms with Crippen LogP contribution < -0.4 is 8.92 Å². The monoisotopic (exact) mass is 412 g/mol. The van der Waals surface area contributed by atoms with Crippen LogP contribution in [-0.4, -0.2) is 14.2 Å². The number of hydrogen-bond acceptors (Lipinski definition) is 5. The second kappa shape index (κ2) is 7.14. The Hall–Kier alpha value is -3.09.